The number of nitrogens with two attached hydrogens (primary N) is 1. The molecule has 0 heterocycles. The zero-order valence-electron chi connectivity index (χ0n) is 16.1. The lowest BCUT2D eigenvalue weighted by atomic mass is 10.0. The average Bonchev–Trinajstić information content (AvgIpc) is 2.66. The van der Waals surface area contributed by atoms with Gasteiger partial charge in [0.2, 0.25) is 0 Å². The van der Waals surface area contributed by atoms with Gasteiger partial charge in [0.25, 0.3) is 5.92 Å². The Labute approximate surface area is 175 Å². The van der Waals surface area contributed by atoms with E-state index in [1.807, 2.05) is 0 Å². The van der Waals surface area contributed by atoms with Crippen LogP contribution in [0.25, 0.3) is 0 Å². The molecule has 0 amide bonds. The summed E-state index contributed by atoms with van der Waals surface area (Å²) in [4.78, 5) is 0. The maximum absolute atomic E-state index is 14.0. The van der Waals surface area contributed by atoms with Gasteiger partial charge in [-0.15, -0.1) is 11.7 Å². The molecule has 3 nitrogen and oxygen atoms in total. The fourth-order valence-electron chi connectivity index (χ4n) is 2.15. The van der Waals surface area contributed by atoms with Crippen LogP contribution < -0.4 is 5.14 Å². The number of rotatable bonds is 8. The summed E-state index contributed by atoms with van der Waals surface area (Å²) in [6.45, 7) is -0.795. The summed E-state index contributed by atoms with van der Waals surface area (Å²) in [5, 5.41) is 4.53. The van der Waals surface area contributed by atoms with Crippen LogP contribution in [0.5, 0.6) is 0 Å². The largest absolute Gasteiger partial charge is 0.384 e. The smallest absolute Gasteiger partial charge is 0.298 e. The Morgan fingerprint density at radius 2 is 1.24 bits per heavy atom. The summed E-state index contributed by atoms with van der Waals surface area (Å²) in [6.07, 6.45) is 0. The van der Waals surface area contributed by atoms with Crippen molar-refractivity contribution in [1.82, 2.24) is 0 Å². The molecule has 10 heteroatoms. The summed E-state index contributed by atoms with van der Waals surface area (Å²) in [5.74, 6) is -5.08. The monoisotopic (exact) mass is 505 g/mol. The first kappa shape index (κ1) is 25.8. The fourth-order valence-corrected chi connectivity index (χ4v) is 3.75. The zero-order valence-corrected chi connectivity index (χ0v) is 18.5. The van der Waals surface area contributed by atoms with Gasteiger partial charge in [0.05, 0.1) is 34.4 Å². The van der Waals surface area contributed by atoms with Crippen LogP contribution in [0, 0.1) is 0 Å². The number of hydrogen-bond donors (Lipinski definition) is 1. The first-order chi connectivity index (χ1) is 13.2. The van der Waals surface area contributed by atoms with Gasteiger partial charge < -0.3 is 9.47 Å². The molecule has 0 radical (unpaired) electrons. The van der Waals surface area contributed by atoms with Crippen LogP contribution >= 0.6 is 25.6 Å². The molecule has 0 spiro atoms. The Kier molecular flexibility index (Phi) is 8.28. The molecular formula is C19H25BrF5NO2S. The Hall–Kier alpha value is -1.20. The van der Waals surface area contributed by atoms with Crippen molar-refractivity contribution in [1.29, 1.82) is 0 Å². The molecule has 0 fully saturated rings. The van der Waals surface area contributed by atoms with E-state index in [-0.39, 0.29) is 11.1 Å². The molecule has 0 aliphatic heterocycles. The molecule has 166 valence electrons. The van der Waals surface area contributed by atoms with Crippen molar-refractivity contribution in [2.75, 3.05) is 38.9 Å². The molecule has 0 saturated heterocycles. The van der Waals surface area contributed by atoms with E-state index >= 15 is 0 Å². The predicted octanol–water partition coefficient (Wildman–Crippen LogP) is 6.27. The van der Waals surface area contributed by atoms with Gasteiger partial charge in [-0.2, -0.15) is 8.78 Å². The third-order valence-electron chi connectivity index (χ3n) is 3.91. The highest BCUT2D eigenvalue weighted by atomic mass is 79.9. The number of halogens is 6. The van der Waals surface area contributed by atoms with Crippen molar-refractivity contribution in [2.24, 2.45) is 5.14 Å². The number of methoxy groups -OCH3 is 2. The van der Waals surface area contributed by atoms with Gasteiger partial charge in [-0.25, -0.2) is 5.14 Å². The summed E-state index contributed by atoms with van der Waals surface area (Å²) in [5.41, 5.74) is 0.0132. The summed E-state index contributed by atoms with van der Waals surface area (Å²) in [6, 6.07) is 13.9. The molecule has 2 N–H and O–H groups in total. The van der Waals surface area contributed by atoms with Gasteiger partial charge in [0, 0.05) is 29.8 Å². The molecule has 0 aliphatic carbocycles. The Balaban J connectivity index is 0.000000298. The van der Waals surface area contributed by atoms with E-state index in [4.69, 9.17) is 0 Å². The van der Waals surface area contributed by atoms with Crippen LogP contribution in [0.2, 0.25) is 0 Å². The Morgan fingerprint density at radius 3 is 1.66 bits per heavy atom. The van der Waals surface area contributed by atoms with Gasteiger partial charge >= 0.3 is 0 Å². The van der Waals surface area contributed by atoms with Crippen molar-refractivity contribution in [2.45, 2.75) is 5.92 Å². The molecule has 0 saturated carbocycles. The molecule has 0 bridgehead atoms. The SMILES string of the molecule is COCCS(N)(F)(F)(F)CCOC.FC(F)(c1ccccc1)c1ccc(Br)cc1. The zero-order chi connectivity index (χ0) is 22.2. The Morgan fingerprint density at radius 1 is 0.828 bits per heavy atom. The van der Waals surface area contributed by atoms with Crippen LogP contribution in [0.3, 0.4) is 0 Å². The van der Waals surface area contributed by atoms with Gasteiger partial charge in [0.1, 0.15) is 0 Å². The molecule has 0 aliphatic rings. The third-order valence-corrected chi connectivity index (χ3v) is 6.74. The number of alkyl halides is 2. The Bertz CT molecular complexity index is 755. The molecular weight excluding hydrogens is 481 g/mol. The normalized spacial score (nSPS) is 14.4. The first-order valence-electron chi connectivity index (χ1n) is 8.47. The highest BCUT2D eigenvalue weighted by Gasteiger charge is 2.56. The van der Waals surface area contributed by atoms with Gasteiger partial charge in [-0.1, -0.05) is 58.4 Å². The van der Waals surface area contributed by atoms with Gasteiger partial charge in [-0.3, -0.25) is 0 Å². The summed E-state index contributed by atoms with van der Waals surface area (Å²) in [7, 11) is -4.47. The van der Waals surface area contributed by atoms with E-state index in [1.54, 1.807) is 30.3 Å². The molecule has 2 aromatic carbocycles. The minimum atomic E-state index is -6.89. The van der Waals surface area contributed by atoms with Gasteiger partial charge in [0.15, 0.2) is 0 Å². The average molecular weight is 506 g/mol. The van der Waals surface area contributed by atoms with Crippen molar-refractivity contribution < 1.29 is 29.9 Å². The molecule has 2 rings (SSSR count). The second kappa shape index (κ2) is 9.30. The lowest BCUT2D eigenvalue weighted by Crippen LogP contribution is -2.40. The predicted molar refractivity (Wildman–Crippen MR) is 112 cm³/mol. The second-order valence-electron chi connectivity index (χ2n) is 6.48. The topological polar surface area (TPSA) is 44.5 Å². The molecule has 2 aromatic rings. The van der Waals surface area contributed by atoms with Gasteiger partial charge in [-0.05, 0) is 12.1 Å². The standard InChI is InChI=1S/C13H9BrF2.C6H16F3NO2S/c14-12-8-6-11(7-9-12)13(15,16)10-4-2-1-3-5-10;1-11-3-5-13(7,8,9,10)6-4-12-2/h1-9H;3-6,10H2,1-2H3. The maximum atomic E-state index is 14.0. The van der Waals surface area contributed by atoms with Crippen molar-refractivity contribution >= 4 is 25.6 Å². The third kappa shape index (κ3) is 9.00. The minimum absolute atomic E-state index is 0.00176. The number of ether oxygens (including phenoxy) is 2. The van der Waals surface area contributed by atoms with Crippen LogP contribution in [0.15, 0.2) is 59.1 Å². The van der Waals surface area contributed by atoms with E-state index < -0.39 is 40.3 Å². The number of hydrogen-bond acceptors (Lipinski definition) is 3. The molecule has 0 atom stereocenters. The molecule has 0 aromatic heterocycles. The minimum Gasteiger partial charge on any atom is -0.384 e. The number of benzene rings is 2. The lowest BCUT2D eigenvalue weighted by molar-refractivity contribution is 0.0428. The van der Waals surface area contributed by atoms with Crippen molar-refractivity contribution in [3.63, 3.8) is 0 Å². The highest BCUT2D eigenvalue weighted by Crippen LogP contribution is 2.87. The summed E-state index contributed by atoms with van der Waals surface area (Å²) >= 11 is 3.22. The van der Waals surface area contributed by atoms with Crippen LogP contribution in [0.1, 0.15) is 11.1 Å². The van der Waals surface area contributed by atoms with Crippen molar-refractivity contribution in [3.05, 3.63) is 70.2 Å². The van der Waals surface area contributed by atoms with E-state index in [9.17, 15) is 20.4 Å². The van der Waals surface area contributed by atoms with E-state index in [0.29, 0.717) is 0 Å². The van der Waals surface area contributed by atoms with Crippen LogP contribution in [0.4, 0.5) is 20.4 Å². The second-order valence-corrected chi connectivity index (χ2v) is 11.5. The van der Waals surface area contributed by atoms with E-state index in [0.717, 1.165) is 4.47 Å². The van der Waals surface area contributed by atoms with Crippen LogP contribution in [-0.2, 0) is 15.4 Å². The first-order valence-corrected chi connectivity index (χ1v) is 11.8. The highest BCUT2D eigenvalue weighted by molar-refractivity contribution is 9.10. The van der Waals surface area contributed by atoms with E-state index in [2.05, 4.69) is 30.5 Å². The summed E-state index contributed by atoms with van der Waals surface area (Å²) < 4.78 is 77.3. The maximum Gasteiger partial charge on any atom is 0.298 e. The van der Waals surface area contributed by atoms with E-state index in [1.165, 1.54) is 38.5 Å². The fraction of sp³-hybridized carbons (Fsp3) is 0.368. The lowest BCUT2D eigenvalue weighted by Gasteiger charge is -2.54. The van der Waals surface area contributed by atoms with Crippen molar-refractivity contribution in [3.8, 4) is 0 Å². The molecule has 0 unspecified atom stereocenters. The molecule has 29 heavy (non-hydrogen) atoms. The van der Waals surface area contributed by atoms with Crippen LogP contribution in [-0.4, -0.2) is 38.9 Å². The quantitative estimate of drug-likeness (QED) is 0.430.